The van der Waals surface area contributed by atoms with E-state index in [1.54, 1.807) is 49.4 Å². The first-order valence-electron chi connectivity index (χ1n) is 6.69. The van der Waals surface area contributed by atoms with Crippen molar-refractivity contribution in [2.75, 3.05) is 4.90 Å². The first-order valence-corrected chi connectivity index (χ1v) is 6.69. The molecule has 1 aliphatic rings. The number of amides is 2. The molecule has 0 N–H and O–H groups in total. The van der Waals surface area contributed by atoms with Gasteiger partial charge >= 0.3 is 0 Å². The minimum Gasteiger partial charge on any atom is -0.268 e. The maximum atomic E-state index is 12.5. The van der Waals surface area contributed by atoms with Crippen LogP contribution in [0.1, 0.15) is 31.8 Å². The van der Waals surface area contributed by atoms with Crippen LogP contribution in [0.4, 0.5) is 5.69 Å². The van der Waals surface area contributed by atoms with Gasteiger partial charge in [0.2, 0.25) is 6.54 Å². The van der Waals surface area contributed by atoms with Crippen LogP contribution in [-0.4, -0.2) is 16.7 Å². The van der Waals surface area contributed by atoms with Gasteiger partial charge in [-0.05, 0) is 24.6 Å². The molecule has 110 valence electrons. The third-order valence-corrected chi connectivity index (χ3v) is 3.64. The Morgan fingerprint density at radius 2 is 1.59 bits per heavy atom. The van der Waals surface area contributed by atoms with Gasteiger partial charge in [-0.2, -0.15) is 0 Å². The highest BCUT2D eigenvalue weighted by Crippen LogP contribution is 2.33. The van der Waals surface area contributed by atoms with E-state index in [0.717, 1.165) is 4.90 Å². The highest BCUT2D eigenvalue weighted by atomic mass is 16.6. The fourth-order valence-electron chi connectivity index (χ4n) is 2.70. The smallest absolute Gasteiger partial charge is 0.266 e. The monoisotopic (exact) mass is 296 g/mol. The van der Waals surface area contributed by atoms with Crippen molar-refractivity contribution in [3.05, 3.63) is 74.8 Å². The van der Waals surface area contributed by atoms with E-state index < -0.39 is 23.3 Å². The van der Waals surface area contributed by atoms with Gasteiger partial charge in [-0.15, -0.1) is 0 Å². The molecular weight excluding hydrogens is 284 g/mol. The van der Waals surface area contributed by atoms with Gasteiger partial charge in [0.05, 0.1) is 16.8 Å². The van der Waals surface area contributed by atoms with Gasteiger partial charge in [0.25, 0.3) is 11.8 Å². The number of rotatable bonds is 3. The molecule has 0 saturated carbocycles. The predicted molar refractivity (Wildman–Crippen MR) is 79.5 cm³/mol. The second-order valence-corrected chi connectivity index (χ2v) is 5.06. The molecule has 6 heteroatoms. The van der Waals surface area contributed by atoms with Crippen molar-refractivity contribution in [1.82, 2.24) is 0 Å². The molecule has 2 aromatic rings. The second-order valence-electron chi connectivity index (χ2n) is 5.06. The van der Waals surface area contributed by atoms with Crippen LogP contribution >= 0.6 is 0 Å². The van der Waals surface area contributed by atoms with Gasteiger partial charge in [-0.1, -0.05) is 30.3 Å². The Bertz CT molecular complexity index is 779. The van der Waals surface area contributed by atoms with Crippen LogP contribution in [0.15, 0.2) is 42.5 Å². The van der Waals surface area contributed by atoms with Gasteiger partial charge < -0.3 is 0 Å². The lowest BCUT2D eigenvalue weighted by Crippen LogP contribution is -2.31. The molecule has 0 fully saturated rings. The molecule has 2 aromatic carbocycles. The van der Waals surface area contributed by atoms with Crippen LogP contribution in [0.5, 0.6) is 0 Å². The highest BCUT2D eigenvalue weighted by molar-refractivity contribution is 6.34. The fraction of sp³-hybridized carbons (Fsp3) is 0.125. The van der Waals surface area contributed by atoms with Crippen molar-refractivity contribution in [2.45, 2.75) is 13.5 Å². The molecule has 0 spiro atoms. The Kier molecular flexibility index (Phi) is 3.21. The summed E-state index contributed by atoms with van der Waals surface area (Å²) < 4.78 is 0. The Balaban J connectivity index is 2.16. The summed E-state index contributed by atoms with van der Waals surface area (Å²) in [5, 5.41) is 10.8. The molecule has 1 aliphatic heterocycles. The molecule has 22 heavy (non-hydrogen) atoms. The quantitative estimate of drug-likeness (QED) is 0.495. The standard InChI is InChI=1S/C16H12N2O4/c1-10-5-4-6-11(9-17(21)22)14(10)18-15(19)12-7-2-3-8-13(12)16(18)20/h2-8H,9H2,1H3. The maximum Gasteiger partial charge on any atom is 0.266 e. The maximum absolute atomic E-state index is 12.5. The number of nitro groups is 1. The average Bonchev–Trinajstić information content (AvgIpc) is 2.72. The summed E-state index contributed by atoms with van der Waals surface area (Å²) in [5.74, 6) is -0.890. The number of aryl methyl sites for hydroxylation is 1. The van der Waals surface area contributed by atoms with E-state index in [1.165, 1.54) is 0 Å². The number of carbonyl (C=O) groups excluding carboxylic acids is 2. The van der Waals surface area contributed by atoms with Crippen LogP contribution in [0.3, 0.4) is 0 Å². The first-order chi connectivity index (χ1) is 10.5. The van der Waals surface area contributed by atoms with E-state index in [1.807, 2.05) is 0 Å². The number of hydrogen-bond donors (Lipinski definition) is 0. The van der Waals surface area contributed by atoms with Gasteiger partial charge in [0, 0.05) is 10.5 Å². The largest absolute Gasteiger partial charge is 0.268 e. The summed E-state index contributed by atoms with van der Waals surface area (Å²) in [4.78, 5) is 36.5. The van der Waals surface area contributed by atoms with Crippen LogP contribution in [0.25, 0.3) is 0 Å². The minimum atomic E-state index is -0.476. The summed E-state index contributed by atoms with van der Waals surface area (Å²) in [7, 11) is 0. The lowest BCUT2D eigenvalue weighted by atomic mass is 10.1. The highest BCUT2D eigenvalue weighted by Gasteiger charge is 2.38. The van der Waals surface area contributed by atoms with E-state index in [4.69, 9.17) is 0 Å². The topological polar surface area (TPSA) is 80.5 Å². The molecule has 2 amide bonds. The Hall–Kier alpha value is -3.02. The molecule has 0 aliphatic carbocycles. The zero-order valence-electron chi connectivity index (χ0n) is 11.8. The van der Waals surface area contributed by atoms with Crippen molar-refractivity contribution in [3.63, 3.8) is 0 Å². The Morgan fingerprint density at radius 1 is 1.00 bits per heavy atom. The van der Waals surface area contributed by atoms with Crippen molar-refractivity contribution in [1.29, 1.82) is 0 Å². The van der Waals surface area contributed by atoms with Crippen LogP contribution in [-0.2, 0) is 6.54 Å². The molecule has 1 heterocycles. The third kappa shape index (κ3) is 2.05. The van der Waals surface area contributed by atoms with Gasteiger partial charge in [0.15, 0.2) is 0 Å². The molecule has 0 bridgehead atoms. The molecule has 3 rings (SSSR count). The Morgan fingerprint density at radius 3 is 2.14 bits per heavy atom. The van der Waals surface area contributed by atoms with Gasteiger partial charge in [-0.3, -0.25) is 19.7 Å². The van der Waals surface area contributed by atoms with E-state index in [0.29, 0.717) is 27.9 Å². The molecule has 6 nitrogen and oxygen atoms in total. The van der Waals surface area contributed by atoms with Crippen molar-refractivity contribution < 1.29 is 14.5 Å². The molecular formula is C16H12N2O4. The summed E-state index contributed by atoms with van der Waals surface area (Å²) in [5.41, 5.74) is 1.95. The van der Waals surface area contributed by atoms with Crippen molar-refractivity contribution >= 4 is 17.5 Å². The lowest BCUT2D eigenvalue weighted by Gasteiger charge is -2.19. The van der Waals surface area contributed by atoms with E-state index >= 15 is 0 Å². The fourth-order valence-corrected chi connectivity index (χ4v) is 2.70. The minimum absolute atomic E-state index is 0.311. The average molecular weight is 296 g/mol. The predicted octanol–water partition coefficient (Wildman–Crippen LogP) is 2.57. The van der Waals surface area contributed by atoms with E-state index in [9.17, 15) is 19.7 Å². The number of hydrogen-bond acceptors (Lipinski definition) is 4. The third-order valence-electron chi connectivity index (χ3n) is 3.64. The number of carbonyl (C=O) groups is 2. The number of anilines is 1. The lowest BCUT2D eigenvalue weighted by molar-refractivity contribution is -0.496. The Labute approximate surface area is 126 Å². The SMILES string of the molecule is Cc1cccc(C[N+](=O)[O-])c1N1C(=O)c2ccccc2C1=O. The second kappa shape index (κ2) is 5.07. The van der Waals surface area contributed by atoms with Gasteiger partial charge in [-0.25, -0.2) is 4.90 Å². The number of fused-ring (bicyclic) bond motifs is 1. The molecule has 0 saturated heterocycles. The number of imide groups is 1. The van der Waals surface area contributed by atoms with Crippen LogP contribution in [0.2, 0.25) is 0 Å². The van der Waals surface area contributed by atoms with Crippen LogP contribution < -0.4 is 4.90 Å². The molecule has 0 unspecified atom stereocenters. The summed E-state index contributed by atoms with van der Waals surface area (Å²) in [6.45, 7) is 1.28. The molecule has 0 atom stereocenters. The summed E-state index contributed by atoms with van der Waals surface area (Å²) >= 11 is 0. The summed E-state index contributed by atoms with van der Waals surface area (Å²) in [6, 6.07) is 11.5. The first kappa shape index (κ1) is 13.9. The summed E-state index contributed by atoms with van der Waals surface area (Å²) in [6.07, 6.45) is 0. The van der Waals surface area contributed by atoms with Crippen LogP contribution in [0, 0.1) is 17.0 Å². The van der Waals surface area contributed by atoms with Gasteiger partial charge in [0.1, 0.15) is 0 Å². The molecule has 0 radical (unpaired) electrons. The normalized spacial score (nSPS) is 13.4. The molecule has 0 aromatic heterocycles. The number of nitrogens with zero attached hydrogens (tertiary/aromatic N) is 2. The number of para-hydroxylation sites is 1. The van der Waals surface area contributed by atoms with E-state index in [2.05, 4.69) is 0 Å². The zero-order valence-corrected chi connectivity index (χ0v) is 11.8. The number of benzene rings is 2. The van der Waals surface area contributed by atoms with Crippen molar-refractivity contribution in [2.24, 2.45) is 0 Å². The van der Waals surface area contributed by atoms with E-state index in [-0.39, 0.29) is 0 Å². The van der Waals surface area contributed by atoms with Crippen molar-refractivity contribution in [3.8, 4) is 0 Å². The zero-order chi connectivity index (χ0) is 15.9.